The van der Waals surface area contributed by atoms with Gasteiger partial charge in [0.2, 0.25) is 5.91 Å². The Labute approximate surface area is 279 Å². The van der Waals surface area contributed by atoms with Crippen LogP contribution in [0, 0.1) is 52.8 Å². The molecule has 4 fully saturated rings. The summed E-state index contributed by atoms with van der Waals surface area (Å²) in [6.07, 6.45) is 18.4. The van der Waals surface area contributed by atoms with E-state index in [2.05, 4.69) is 46.0 Å². The number of nitrogens with zero attached hydrogens (tertiary/aromatic N) is 1. The zero-order valence-electron chi connectivity index (χ0n) is 29.8. The molecule has 4 aliphatic carbocycles. The predicted molar refractivity (Wildman–Crippen MR) is 183 cm³/mol. The van der Waals surface area contributed by atoms with E-state index in [1.807, 2.05) is 0 Å². The second kappa shape index (κ2) is 15.3. The van der Waals surface area contributed by atoms with E-state index in [9.17, 15) is 19.8 Å². The lowest BCUT2D eigenvalue weighted by Gasteiger charge is -2.57. The quantitative estimate of drug-likeness (QED) is 0.143. The zero-order chi connectivity index (χ0) is 33.1. The van der Waals surface area contributed by atoms with Crippen LogP contribution in [-0.2, 0) is 9.53 Å². The number of likely N-dealkylation sites (tertiary alicyclic amines) is 1. The first-order chi connectivity index (χ1) is 21.9. The number of hydrogen-bond donors (Lipinski definition) is 3. The van der Waals surface area contributed by atoms with Crippen molar-refractivity contribution in [2.45, 2.75) is 143 Å². The van der Waals surface area contributed by atoms with Crippen LogP contribution in [0.1, 0.15) is 131 Å². The molecule has 0 aromatic rings. The van der Waals surface area contributed by atoms with E-state index in [1.165, 1.54) is 51.4 Å². The van der Waals surface area contributed by atoms with E-state index >= 15 is 0 Å². The van der Waals surface area contributed by atoms with Gasteiger partial charge in [-0.25, -0.2) is 4.79 Å². The van der Waals surface area contributed by atoms with Gasteiger partial charge < -0.3 is 25.2 Å². The van der Waals surface area contributed by atoms with Gasteiger partial charge in [0, 0.05) is 38.4 Å². The predicted octanol–water partition coefficient (Wildman–Crippen LogP) is 7.49. The molecular weight excluding hydrogens is 576 g/mol. The van der Waals surface area contributed by atoms with Crippen molar-refractivity contribution in [3.63, 3.8) is 0 Å². The van der Waals surface area contributed by atoms with Crippen LogP contribution in [0.5, 0.6) is 0 Å². The number of amides is 2. The molecule has 0 radical (unpaired) electrons. The Morgan fingerprint density at radius 1 is 0.978 bits per heavy atom. The molecule has 0 aromatic carbocycles. The molecule has 1 saturated heterocycles. The lowest BCUT2D eigenvalue weighted by atomic mass is 9.49. The van der Waals surface area contributed by atoms with Gasteiger partial charge in [-0.2, -0.15) is 0 Å². The second-order valence-corrected chi connectivity index (χ2v) is 17.2. The van der Waals surface area contributed by atoms with Gasteiger partial charge in [-0.3, -0.25) is 4.79 Å². The monoisotopic (exact) mass is 642 g/mol. The Kier molecular flexibility index (Phi) is 11.9. The first kappa shape index (κ1) is 35.7. The van der Waals surface area contributed by atoms with E-state index < -0.39 is 11.7 Å². The molecule has 5 rings (SSSR count). The van der Waals surface area contributed by atoms with Crippen molar-refractivity contribution in [2.24, 2.45) is 52.8 Å². The molecule has 5 aliphatic rings. The number of rotatable bonds is 13. The normalized spacial score (nSPS) is 37.7. The molecule has 262 valence electrons. The number of carbonyl (C=O) groups is 2. The van der Waals surface area contributed by atoms with Crippen molar-refractivity contribution in [3.05, 3.63) is 11.6 Å². The summed E-state index contributed by atoms with van der Waals surface area (Å²) in [7, 11) is 0. The average molecular weight is 643 g/mol. The number of aliphatic hydroxyl groups is 2. The molecule has 7 heteroatoms. The minimum atomic E-state index is -0.631. The molecule has 0 aromatic heterocycles. The fourth-order valence-corrected chi connectivity index (χ4v) is 10.8. The number of β-amino-alcohol motifs (C(OH)–C–C–N with tert-alkyl or cyclic N) is 1. The Morgan fingerprint density at radius 3 is 2.50 bits per heavy atom. The van der Waals surface area contributed by atoms with E-state index in [0.717, 1.165) is 80.0 Å². The summed E-state index contributed by atoms with van der Waals surface area (Å²) < 4.78 is 6.11. The first-order valence-corrected chi connectivity index (χ1v) is 19.2. The third kappa shape index (κ3) is 7.98. The van der Waals surface area contributed by atoms with Crippen molar-refractivity contribution in [2.75, 3.05) is 26.2 Å². The van der Waals surface area contributed by atoms with Gasteiger partial charge in [0.05, 0.1) is 12.7 Å². The number of hydrogen-bond acceptors (Lipinski definition) is 5. The molecule has 0 bridgehead atoms. The molecule has 1 heterocycles. The molecule has 1 aliphatic heterocycles. The number of nitrogens with one attached hydrogen (secondary N) is 1. The summed E-state index contributed by atoms with van der Waals surface area (Å²) >= 11 is 0. The zero-order valence-corrected chi connectivity index (χ0v) is 29.8. The molecule has 10 unspecified atom stereocenters. The lowest BCUT2D eigenvalue weighted by molar-refractivity contribution is -0.130. The summed E-state index contributed by atoms with van der Waals surface area (Å²) in [4.78, 5) is 26.9. The fourth-order valence-electron chi connectivity index (χ4n) is 10.8. The highest BCUT2D eigenvalue weighted by Gasteiger charge is 2.56. The van der Waals surface area contributed by atoms with Gasteiger partial charge in [-0.1, -0.05) is 65.0 Å². The maximum absolute atomic E-state index is 12.8. The number of fused-ring (bicyclic) bond motifs is 5. The molecule has 2 amide bonds. The highest BCUT2D eigenvalue weighted by Crippen LogP contribution is 2.64. The van der Waals surface area contributed by atoms with E-state index in [0.29, 0.717) is 26.1 Å². The van der Waals surface area contributed by atoms with Crippen LogP contribution in [0.25, 0.3) is 0 Å². The summed E-state index contributed by atoms with van der Waals surface area (Å²) in [5, 5.41) is 22.2. The number of alkyl carbamates (subject to hydrolysis) is 1. The van der Waals surface area contributed by atoms with Crippen molar-refractivity contribution >= 4 is 12.0 Å². The summed E-state index contributed by atoms with van der Waals surface area (Å²) in [5.41, 5.74) is 1.34. The smallest absolute Gasteiger partial charge is 0.407 e. The molecule has 3 N–H and O–H groups in total. The third-order valence-electron chi connectivity index (χ3n) is 13.6. The van der Waals surface area contributed by atoms with Gasteiger partial charge in [0.25, 0.3) is 0 Å². The van der Waals surface area contributed by atoms with E-state index in [1.54, 1.807) is 10.5 Å². The van der Waals surface area contributed by atoms with Crippen LogP contribution >= 0.6 is 0 Å². The van der Waals surface area contributed by atoms with Crippen LogP contribution in [-0.4, -0.2) is 65.1 Å². The summed E-state index contributed by atoms with van der Waals surface area (Å²) in [6.45, 7) is 13.1. The van der Waals surface area contributed by atoms with E-state index in [-0.39, 0.29) is 29.9 Å². The molecule has 3 saturated carbocycles. The van der Waals surface area contributed by atoms with Gasteiger partial charge in [0.1, 0.15) is 5.60 Å². The van der Waals surface area contributed by atoms with Crippen molar-refractivity contribution in [1.29, 1.82) is 0 Å². The second-order valence-electron chi connectivity index (χ2n) is 17.2. The molecule has 0 spiro atoms. The van der Waals surface area contributed by atoms with Crippen molar-refractivity contribution in [1.82, 2.24) is 10.2 Å². The minimum absolute atomic E-state index is 0.0329. The Bertz CT molecular complexity index is 1080. The van der Waals surface area contributed by atoms with Gasteiger partial charge >= 0.3 is 6.09 Å². The highest BCUT2D eigenvalue weighted by molar-refractivity contribution is 5.76. The van der Waals surface area contributed by atoms with Crippen LogP contribution < -0.4 is 5.32 Å². The molecule has 10 atom stereocenters. The Hall–Kier alpha value is -1.60. The first-order valence-electron chi connectivity index (χ1n) is 19.2. The third-order valence-corrected chi connectivity index (χ3v) is 13.6. The minimum Gasteiger partial charge on any atom is -0.443 e. The van der Waals surface area contributed by atoms with Crippen molar-refractivity contribution < 1.29 is 24.5 Å². The number of ether oxygens (including phenoxy) is 1. The van der Waals surface area contributed by atoms with Gasteiger partial charge in [-0.15, -0.1) is 0 Å². The summed E-state index contributed by atoms with van der Waals surface area (Å²) in [5.74, 6) is 5.89. The number of unbranched alkanes of at least 4 members (excludes halogenated alkanes) is 2. The highest BCUT2D eigenvalue weighted by atomic mass is 16.6. The van der Waals surface area contributed by atoms with Crippen LogP contribution in [0.2, 0.25) is 0 Å². The fraction of sp³-hybridized carbons (Fsp3) is 0.897. The standard InChI is InChI=1S/C39H66N2O5/c1-26(2)10-9-11-27(3)30-15-16-32-31(30)17-18-34-33(32)14-13-29-22-38(4,19-20-39(29,34)5)46-37(45)40-21-8-6-7-12-36(44)41-23-28(25-42)35(43)24-41/h13,26-28,30-35,42-43H,6-12,14-25H2,1-5H3,(H,40,45). The SMILES string of the molecule is CC(C)CCCC(C)C1CCC2C1CCC1C2CC=C2CC(C)(OC(=O)NCCCCCC(=O)N3CC(O)C(CO)C3)CCC21C. The maximum Gasteiger partial charge on any atom is 0.407 e. The van der Waals surface area contributed by atoms with Crippen LogP contribution in [0.3, 0.4) is 0 Å². The van der Waals surface area contributed by atoms with Crippen molar-refractivity contribution in [3.8, 4) is 0 Å². The van der Waals surface area contributed by atoms with Gasteiger partial charge in [-0.05, 0) is 112 Å². The number of carbonyl (C=O) groups excluding carboxylic acids is 2. The number of allylic oxidation sites excluding steroid dienone is 1. The van der Waals surface area contributed by atoms with Crippen LogP contribution in [0.4, 0.5) is 4.79 Å². The largest absolute Gasteiger partial charge is 0.443 e. The Balaban J connectivity index is 1.04. The number of aliphatic hydroxyl groups excluding tert-OH is 2. The lowest BCUT2D eigenvalue weighted by Crippen LogP contribution is -2.51. The average Bonchev–Trinajstić information content (AvgIpc) is 3.62. The molecule has 46 heavy (non-hydrogen) atoms. The maximum atomic E-state index is 12.8. The van der Waals surface area contributed by atoms with E-state index in [4.69, 9.17) is 4.74 Å². The molecular formula is C39H66N2O5. The Morgan fingerprint density at radius 2 is 1.76 bits per heavy atom. The topological polar surface area (TPSA) is 99.1 Å². The summed E-state index contributed by atoms with van der Waals surface area (Å²) in [6, 6.07) is 0. The molecule has 7 nitrogen and oxygen atoms in total. The van der Waals surface area contributed by atoms with Crippen LogP contribution in [0.15, 0.2) is 11.6 Å². The van der Waals surface area contributed by atoms with Gasteiger partial charge in [0.15, 0.2) is 0 Å².